The fourth-order valence-corrected chi connectivity index (χ4v) is 2.47. The van der Waals surface area contributed by atoms with Gasteiger partial charge in [0.05, 0.1) is 10.5 Å². The summed E-state index contributed by atoms with van der Waals surface area (Å²) in [6, 6.07) is 10.4. The zero-order valence-electron chi connectivity index (χ0n) is 16.1. The van der Waals surface area contributed by atoms with Gasteiger partial charge in [-0.1, -0.05) is 0 Å². The van der Waals surface area contributed by atoms with Crippen LogP contribution in [0.15, 0.2) is 42.5 Å². The van der Waals surface area contributed by atoms with E-state index in [-0.39, 0.29) is 23.3 Å². The van der Waals surface area contributed by atoms with Crippen LogP contribution in [0.25, 0.3) is 0 Å². The largest absolute Gasteiger partial charge is 0.377 e. The van der Waals surface area contributed by atoms with Gasteiger partial charge in [0.2, 0.25) is 0 Å². The molecule has 0 saturated carbocycles. The van der Waals surface area contributed by atoms with Gasteiger partial charge >= 0.3 is 6.03 Å². The lowest BCUT2D eigenvalue weighted by Crippen LogP contribution is -2.34. The van der Waals surface area contributed by atoms with Gasteiger partial charge in [0.1, 0.15) is 0 Å². The first-order chi connectivity index (χ1) is 13.2. The average molecular weight is 385 g/mol. The number of hydrogen-bond acceptors (Lipinski definition) is 5. The fraction of sp³-hybridized carbons (Fsp3) is 0.263. The summed E-state index contributed by atoms with van der Waals surface area (Å²) in [6.07, 6.45) is 0. The summed E-state index contributed by atoms with van der Waals surface area (Å²) in [5.74, 6) is -0.467. The molecular weight excluding hydrogens is 362 g/mol. The molecule has 0 bridgehead atoms. The van der Waals surface area contributed by atoms with Crippen molar-refractivity contribution in [3.05, 3.63) is 58.1 Å². The predicted molar refractivity (Wildman–Crippen MR) is 109 cm³/mol. The van der Waals surface area contributed by atoms with E-state index in [9.17, 15) is 19.7 Å². The molecule has 3 N–H and O–H groups in total. The number of rotatable bonds is 6. The zero-order chi connectivity index (χ0) is 20.8. The molecule has 0 heterocycles. The van der Waals surface area contributed by atoms with Crippen molar-refractivity contribution in [3.8, 4) is 0 Å². The first-order valence-electron chi connectivity index (χ1n) is 8.62. The lowest BCUT2D eigenvalue weighted by atomic mass is 10.1. The zero-order valence-corrected chi connectivity index (χ0v) is 16.1. The maximum atomic E-state index is 12.7. The highest BCUT2D eigenvalue weighted by molar-refractivity contribution is 6.08. The maximum absolute atomic E-state index is 12.7. The summed E-state index contributed by atoms with van der Waals surface area (Å²) in [5, 5.41) is 19.1. The van der Waals surface area contributed by atoms with Gasteiger partial charge in [-0.2, -0.15) is 0 Å². The van der Waals surface area contributed by atoms with Crippen LogP contribution in [0.4, 0.5) is 27.5 Å². The summed E-state index contributed by atoms with van der Waals surface area (Å²) in [5.41, 5.74) is 1.66. The molecule has 0 spiro atoms. The van der Waals surface area contributed by atoms with Crippen LogP contribution < -0.4 is 20.9 Å². The van der Waals surface area contributed by atoms with E-state index in [4.69, 9.17) is 0 Å². The number of nitro benzene ring substituents is 1. The molecule has 0 saturated heterocycles. The van der Waals surface area contributed by atoms with Gasteiger partial charge in [-0.3, -0.25) is 14.9 Å². The van der Waals surface area contributed by atoms with Crippen LogP contribution in [0.5, 0.6) is 0 Å². The number of amides is 3. The number of hydrogen-bond donors (Lipinski definition) is 3. The van der Waals surface area contributed by atoms with Crippen molar-refractivity contribution in [3.63, 3.8) is 0 Å². The summed E-state index contributed by atoms with van der Waals surface area (Å²) in [7, 11) is 3.50. The molecule has 9 nitrogen and oxygen atoms in total. The second kappa shape index (κ2) is 8.85. The Bertz CT molecular complexity index is 878. The van der Waals surface area contributed by atoms with Crippen molar-refractivity contribution < 1.29 is 14.5 Å². The molecule has 0 aliphatic carbocycles. The Morgan fingerprint density at radius 1 is 1.00 bits per heavy atom. The molecule has 0 aliphatic rings. The van der Waals surface area contributed by atoms with Gasteiger partial charge in [0.15, 0.2) is 0 Å². The van der Waals surface area contributed by atoms with Gasteiger partial charge in [-0.15, -0.1) is 0 Å². The van der Waals surface area contributed by atoms with E-state index in [0.29, 0.717) is 17.1 Å². The number of carbonyl (C=O) groups is 2. The van der Waals surface area contributed by atoms with E-state index < -0.39 is 10.8 Å². The maximum Gasteiger partial charge on any atom is 0.319 e. The number of benzene rings is 2. The molecule has 0 radical (unpaired) electrons. The predicted octanol–water partition coefficient (Wildman–Crippen LogP) is 3.44. The van der Waals surface area contributed by atoms with Crippen molar-refractivity contribution in [2.24, 2.45) is 0 Å². The van der Waals surface area contributed by atoms with Gasteiger partial charge in [0.25, 0.3) is 11.6 Å². The van der Waals surface area contributed by atoms with Crippen molar-refractivity contribution in [1.82, 2.24) is 5.32 Å². The highest BCUT2D eigenvalue weighted by Gasteiger charge is 2.18. The van der Waals surface area contributed by atoms with Crippen molar-refractivity contribution in [2.75, 3.05) is 29.6 Å². The normalized spacial score (nSPS) is 10.3. The van der Waals surface area contributed by atoms with Crippen LogP contribution in [-0.2, 0) is 0 Å². The van der Waals surface area contributed by atoms with Crippen molar-refractivity contribution in [1.29, 1.82) is 0 Å². The molecule has 3 amide bonds. The number of non-ortho nitro benzene ring substituents is 1. The molecule has 0 atom stereocenters. The third kappa shape index (κ3) is 5.44. The van der Waals surface area contributed by atoms with Crippen LogP contribution in [0, 0.1) is 10.1 Å². The topological polar surface area (TPSA) is 117 Å². The Morgan fingerprint density at radius 3 is 2.07 bits per heavy atom. The molecule has 2 rings (SSSR count). The number of urea groups is 1. The minimum atomic E-state index is -0.543. The van der Waals surface area contributed by atoms with Crippen LogP contribution in [0.3, 0.4) is 0 Å². The minimum Gasteiger partial charge on any atom is -0.377 e. The van der Waals surface area contributed by atoms with Crippen LogP contribution >= 0.6 is 0 Å². The van der Waals surface area contributed by atoms with Gasteiger partial charge in [0, 0.05) is 49.3 Å². The third-order valence-corrected chi connectivity index (χ3v) is 3.74. The van der Waals surface area contributed by atoms with Gasteiger partial charge in [-0.25, -0.2) is 4.79 Å². The third-order valence-electron chi connectivity index (χ3n) is 3.74. The van der Waals surface area contributed by atoms with E-state index in [2.05, 4.69) is 16.0 Å². The summed E-state index contributed by atoms with van der Waals surface area (Å²) in [4.78, 5) is 36.6. The number of carbonyl (C=O) groups excluding carboxylic acids is 2. The molecule has 148 valence electrons. The highest BCUT2D eigenvalue weighted by atomic mass is 16.6. The van der Waals surface area contributed by atoms with Crippen molar-refractivity contribution in [2.45, 2.75) is 19.9 Å². The first-order valence-corrected chi connectivity index (χ1v) is 8.62. The molecule has 0 unspecified atom stereocenters. The molecule has 0 aromatic heterocycles. The van der Waals surface area contributed by atoms with E-state index >= 15 is 0 Å². The first kappa shape index (κ1) is 20.7. The van der Waals surface area contributed by atoms with Crippen molar-refractivity contribution >= 4 is 34.7 Å². The SMILES string of the molecule is CC(C)NC(=O)Nc1ccc(NC(=O)c2cc([N+](=O)[O-])ccc2N(C)C)cc1. The summed E-state index contributed by atoms with van der Waals surface area (Å²) < 4.78 is 0. The Labute approximate surface area is 162 Å². The molecule has 0 fully saturated rings. The fourth-order valence-electron chi connectivity index (χ4n) is 2.47. The number of nitrogens with one attached hydrogen (secondary N) is 3. The van der Waals surface area contributed by atoms with Crippen LogP contribution in [0.1, 0.15) is 24.2 Å². The smallest absolute Gasteiger partial charge is 0.319 e. The van der Waals surface area contributed by atoms with Gasteiger partial charge < -0.3 is 20.9 Å². The Hall–Kier alpha value is -3.62. The van der Waals surface area contributed by atoms with E-state index in [1.807, 2.05) is 13.8 Å². The highest BCUT2D eigenvalue weighted by Crippen LogP contribution is 2.25. The Morgan fingerprint density at radius 2 is 1.57 bits per heavy atom. The molecule has 2 aromatic rings. The van der Waals surface area contributed by atoms with Crippen LogP contribution in [0.2, 0.25) is 0 Å². The van der Waals surface area contributed by atoms with E-state index in [1.165, 1.54) is 18.2 Å². The monoisotopic (exact) mass is 385 g/mol. The van der Waals surface area contributed by atoms with E-state index in [0.717, 1.165) is 0 Å². The lowest BCUT2D eigenvalue weighted by Gasteiger charge is -2.17. The summed E-state index contributed by atoms with van der Waals surface area (Å²) in [6.45, 7) is 3.71. The number of anilines is 3. The lowest BCUT2D eigenvalue weighted by molar-refractivity contribution is -0.384. The standard InChI is InChI=1S/C19H23N5O4/c1-12(2)20-19(26)22-14-7-5-13(6-8-14)21-18(25)16-11-15(24(27)28)9-10-17(16)23(3)4/h5-12H,1-4H3,(H,21,25)(H2,20,22,26). The second-order valence-electron chi connectivity index (χ2n) is 6.64. The van der Waals surface area contributed by atoms with Crippen LogP contribution in [-0.4, -0.2) is 37.0 Å². The average Bonchev–Trinajstić information content (AvgIpc) is 2.61. The number of nitrogens with zero attached hydrogens (tertiary/aromatic N) is 2. The molecule has 28 heavy (non-hydrogen) atoms. The Balaban J connectivity index is 2.15. The Kier molecular flexibility index (Phi) is 6.54. The minimum absolute atomic E-state index is 0.0133. The molecule has 9 heteroatoms. The quantitative estimate of drug-likeness (QED) is 0.520. The number of nitro groups is 1. The van der Waals surface area contributed by atoms with Gasteiger partial charge in [-0.05, 0) is 44.2 Å². The molecule has 0 aliphatic heterocycles. The van der Waals surface area contributed by atoms with E-state index in [1.54, 1.807) is 43.3 Å². The second-order valence-corrected chi connectivity index (χ2v) is 6.64. The molecule has 2 aromatic carbocycles. The molecular formula is C19H23N5O4. The summed E-state index contributed by atoms with van der Waals surface area (Å²) >= 11 is 0.